The SMILES string of the molecule is COC(C)(C)CCC(=O)c1ccc(F)cc1. The van der Waals surface area contributed by atoms with Crippen LogP contribution in [0.25, 0.3) is 0 Å². The lowest BCUT2D eigenvalue weighted by Crippen LogP contribution is -2.23. The molecule has 0 aliphatic carbocycles. The van der Waals surface area contributed by atoms with Crippen molar-refractivity contribution in [3.8, 4) is 0 Å². The number of ketones is 1. The monoisotopic (exact) mass is 224 g/mol. The summed E-state index contributed by atoms with van der Waals surface area (Å²) < 4.78 is 17.9. The maximum Gasteiger partial charge on any atom is 0.162 e. The average Bonchev–Trinajstić information content (AvgIpc) is 2.27. The molecule has 0 radical (unpaired) electrons. The molecule has 0 heterocycles. The first-order valence-corrected chi connectivity index (χ1v) is 5.28. The Labute approximate surface area is 95.4 Å². The number of ether oxygens (including phenoxy) is 1. The summed E-state index contributed by atoms with van der Waals surface area (Å²) in [5, 5.41) is 0. The number of carbonyl (C=O) groups excluding carboxylic acids is 1. The molecule has 0 saturated heterocycles. The van der Waals surface area contributed by atoms with Gasteiger partial charge in [-0.25, -0.2) is 4.39 Å². The Morgan fingerprint density at radius 1 is 1.31 bits per heavy atom. The zero-order valence-electron chi connectivity index (χ0n) is 9.92. The summed E-state index contributed by atoms with van der Waals surface area (Å²) in [5.41, 5.74) is 0.253. The Morgan fingerprint density at radius 3 is 2.38 bits per heavy atom. The van der Waals surface area contributed by atoms with E-state index in [9.17, 15) is 9.18 Å². The Morgan fingerprint density at radius 2 is 1.88 bits per heavy atom. The molecule has 3 heteroatoms. The smallest absolute Gasteiger partial charge is 0.162 e. The summed E-state index contributed by atoms with van der Waals surface area (Å²) in [7, 11) is 1.63. The van der Waals surface area contributed by atoms with E-state index < -0.39 is 0 Å². The van der Waals surface area contributed by atoms with Crippen LogP contribution in [0.4, 0.5) is 4.39 Å². The van der Waals surface area contributed by atoms with Gasteiger partial charge in [-0.3, -0.25) is 4.79 Å². The van der Waals surface area contributed by atoms with Crippen molar-refractivity contribution in [3.63, 3.8) is 0 Å². The van der Waals surface area contributed by atoms with E-state index in [1.807, 2.05) is 13.8 Å². The van der Waals surface area contributed by atoms with Crippen molar-refractivity contribution in [1.29, 1.82) is 0 Å². The van der Waals surface area contributed by atoms with Gasteiger partial charge in [0.2, 0.25) is 0 Å². The molecule has 0 saturated carbocycles. The lowest BCUT2D eigenvalue weighted by molar-refractivity contribution is 0.0141. The van der Waals surface area contributed by atoms with Crippen LogP contribution in [-0.2, 0) is 4.74 Å². The van der Waals surface area contributed by atoms with Gasteiger partial charge in [0.1, 0.15) is 5.82 Å². The molecular formula is C13H17FO2. The van der Waals surface area contributed by atoms with Crippen molar-refractivity contribution in [2.45, 2.75) is 32.3 Å². The Kier molecular flexibility index (Phi) is 4.19. The Bertz CT molecular complexity index is 355. The number of hydrogen-bond donors (Lipinski definition) is 0. The van der Waals surface area contributed by atoms with Crippen molar-refractivity contribution in [3.05, 3.63) is 35.6 Å². The van der Waals surface area contributed by atoms with Crippen LogP contribution in [0.1, 0.15) is 37.0 Å². The normalized spacial score (nSPS) is 11.5. The number of benzene rings is 1. The highest BCUT2D eigenvalue weighted by Crippen LogP contribution is 2.17. The minimum absolute atomic E-state index is 0.0186. The van der Waals surface area contributed by atoms with Gasteiger partial charge in [0.05, 0.1) is 5.60 Å². The topological polar surface area (TPSA) is 26.3 Å². The first-order chi connectivity index (χ1) is 7.44. The van der Waals surface area contributed by atoms with Crippen LogP contribution >= 0.6 is 0 Å². The van der Waals surface area contributed by atoms with Crippen molar-refractivity contribution >= 4 is 5.78 Å². The third-order valence-corrected chi connectivity index (χ3v) is 2.67. The summed E-state index contributed by atoms with van der Waals surface area (Å²) in [6.45, 7) is 3.87. The van der Waals surface area contributed by atoms with Gasteiger partial charge in [0, 0.05) is 19.1 Å². The fourth-order valence-corrected chi connectivity index (χ4v) is 1.30. The zero-order valence-corrected chi connectivity index (χ0v) is 9.92. The second-order valence-electron chi connectivity index (χ2n) is 4.39. The lowest BCUT2D eigenvalue weighted by atomic mass is 9.98. The van der Waals surface area contributed by atoms with Gasteiger partial charge in [-0.15, -0.1) is 0 Å². The van der Waals surface area contributed by atoms with Crippen LogP contribution in [0.2, 0.25) is 0 Å². The predicted molar refractivity (Wildman–Crippen MR) is 61.1 cm³/mol. The summed E-state index contributed by atoms with van der Waals surface area (Å²) in [6.07, 6.45) is 1.06. The molecule has 0 aliphatic heterocycles. The quantitative estimate of drug-likeness (QED) is 0.718. The number of methoxy groups -OCH3 is 1. The van der Waals surface area contributed by atoms with Gasteiger partial charge in [-0.05, 0) is 44.5 Å². The van der Waals surface area contributed by atoms with Gasteiger partial charge in [0.15, 0.2) is 5.78 Å². The Balaban J connectivity index is 2.56. The van der Waals surface area contributed by atoms with E-state index in [0.717, 1.165) is 0 Å². The Hall–Kier alpha value is -1.22. The maximum absolute atomic E-state index is 12.6. The molecule has 0 amide bonds. The zero-order chi connectivity index (χ0) is 12.2. The van der Waals surface area contributed by atoms with Gasteiger partial charge in [0.25, 0.3) is 0 Å². The summed E-state index contributed by atoms with van der Waals surface area (Å²) in [6, 6.07) is 5.62. The maximum atomic E-state index is 12.6. The lowest BCUT2D eigenvalue weighted by Gasteiger charge is -2.22. The highest BCUT2D eigenvalue weighted by molar-refractivity contribution is 5.96. The summed E-state index contributed by atoms with van der Waals surface area (Å²) in [5.74, 6) is -0.307. The molecule has 1 aromatic carbocycles. The molecular weight excluding hydrogens is 207 g/mol. The molecule has 0 spiro atoms. The van der Waals surface area contributed by atoms with E-state index in [1.165, 1.54) is 24.3 Å². The van der Waals surface area contributed by atoms with Crippen molar-refractivity contribution < 1.29 is 13.9 Å². The molecule has 0 unspecified atom stereocenters. The van der Waals surface area contributed by atoms with Gasteiger partial charge >= 0.3 is 0 Å². The number of hydrogen-bond acceptors (Lipinski definition) is 2. The second-order valence-corrected chi connectivity index (χ2v) is 4.39. The standard InChI is InChI=1S/C13H17FO2/c1-13(2,16-3)9-8-12(15)10-4-6-11(14)7-5-10/h4-7H,8-9H2,1-3H3. The fourth-order valence-electron chi connectivity index (χ4n) is 1.30. The van der Waals surface area contributed by atoms with E-state index in [4.69, 9.17) is 4.74 Å². The van der Waals surface area contributed by atoms with Crippen LogP contribution in [0, 0.1) is 5.82 Å². The molecule has 88 valence electrons. The first-order valence-electron chi connectivity index (χ1n) is 5.28. The van der Waals surface area contributed by atoms with E-state index in [2.05, 4.69) is 0 Å². The third kappa shape index (κ3) is 3.74. The molecule has 0 fully saturated rings. The highest BCUT2D eigenvalue weighted by Gasteiger charge is 2.18. The van der Waals surface area contributed by atoms with Crippen molar-refractivity contribution in [1.82, 2.24) is 0 Å². The number of Topliss-reactive ketones (excluding diaryl/α,β-unsaturated/α-hetero) is 1. The van der Waals surface area contributed by atoms with Gasteiger partial charge in [-0.1, -0.05) is 0 Å². The molecule has 1 aromatic rings. The predicted octanol–water partition coefficient (Wildman–Crippen LogP) is 3.21. The van der Waals surface area contributed by atoms with E-state index >= 15 is 0 Å². The number of rotatable bonds is 5. The largest absolute Gasteiger partial charge is 0.379 e. The second kappa shape index (κ2) is 5.21. The number of halogens is 1. The van der Waals surface area contributed by atoms with Crippen LogP contribution < -0.4 is 0 Å². The molecule has 0 aromatic heterocycles. The van der Waals surface area contributed by atoms with E-state index in [-0.39, 0.29) is 17.2 Å². The molecule has 0 atom stereocenters. The third-order valence-electron chi connectivity index (χ3n) is 2.67. The number of carbonyl (C=O) groups is 1. The van der Waals surface area contributed by atoms with Crippen LogP contribution in [0.15, 0.2) is 24.3 Å². The molecule has 2 nitrogen and oxygen atoms in total. The van der Waals surface area contributed by atoms with Crippen molar-refractivity contribution in [2.75, 3.05) is 7.11 Å². The molecule has 0 N–H and O–H groups in total. The molecule has 1 rings (SSSR count). The minimum Gasteiger partial charge on any atom is -0.379 e. The average molecular weight is 224 g/mol. The van der Waals surface area contributed by atoms with Gasteiger partial charge < -0.3 is 4.74 Å². The molecule has 16 heavy (non-hydrogen) atoms. The minimum atomic E-state index is -0.325. The van der Waals surface area contributed by atoms with Crippen LogP contribution in [0.5, 0.6) is 0 Å². The van der Waals surface area contributed by atoms with Gasteiger partial charge in [-0.2, -0.15) is 0 Å². The molecule has 0 aliphatic rings. The van der Waals surface area contributed by atoms with E-state index in [1.54, 1.807) is 7.11 Å². The summed E-state index contributed by atoms with van der Waals surface area (Å²) in [4.78, 5) is 11.7. The highest BCUT2D eigenvalue weighted by atomic mass is 19.1. The van der Waals surface area contributed by atoms with Crippen molar-refractivity contribution in [2.24, 2.45) is 0 Å². The van der Waals surface area contributed by atoms with Crippen LogP contribution in [0.3, 0.4) is 0 Å². The summed E-state index contributed by atoms with van der Waals surface area (Å²) >= 11 is 0. The fraction of sp³-hybridized carbons (Fsp3) is 0.462. The van der Waals surface area contributed by atoms with E-state index in [0.29, 0.717) is 18.4 Å². The van der Waals surface area contributed by atoms with Crippen LogP contribution in [-0.4, -0.2) is 18.5 Å². The first kappa shape index (κ1) is 12.8. The molecule has 0 bridgehead atoms.